The Morgan fingerprint density at radius 1 is 1.42 bits per heavy atom. The number of nitrogens with two attached hydrogens (primary N) is 3. The largest absolute Gasteiger partial charge is 0.310 e. The standard InChI is InChI=1S/C6H11N3O2S/c7-6(8)3-1-5(2-4-6)12(9,10)11/h1-3H,4,7-8H2,(H2,9,10,11). The summed E-state index contributed by atoms with van der Waals surface area (Å²) >= 11 is 0. The van der Waals surface area contributed by atoms with Gasteiger partial charge in [0.05, 0.1) is 10.6 Å². The predicted octanol–water partition coefficient (Wildman–Crippen LogP) is -1.27. The van der Waals surface area contributed by atoms with Gasteiger partial charge in [-0.1, -0.05) is 6.08 Å². The molecule has 0 spiro atoms. The van der Waals surface area contributed by atoms with Gasteiger partial charge < -0.3 is 11.5 Å². The number of hydrogen-bond donors (Lipinski definition) is 3. The van der Waals surface area contributed by atoms with Crippen LogP contribution in [0.15, 0.2) is 23.1 Å². The molecule has 0 saturated heterocycles. The van der Waals surface area contributed by atoms with Gasteiger partial charge in [0, 0.05) is 6.42 Å². The Balaban J connectivity index is 2.93. The van der Waals surface area contributed by atoms with E-state index >= 15 is 0 Å². The molecule has 0 aromatic heterocycles. The molecule has 0 aromatic carbocycles. The van der Waals surface area contributed by atoms with Crippen LogP contribution in [0.25, 0.3) is 0 Å². The molecule has 5 nitrogen and oxygen atoms in total. The van der Waals surface area contributed by atoms with Crippen LogP contribution in [-0.4, -0.2) is 14.1 Å². The van der Waals surface area contributed by atoms with Gasteiger partial charge in [0.15, 0.2) is 0 Å². The average Bonchev–Trinajstić information content (AvgIpc) is 1.83. The molecule has 1 aliphatic rings. The van der Waals surface area contributed by atoms with Crippen LogP contribution in [0.2, 0.25) is 0 Å². The van der Waals surface area contributed by atoms with Crippen molar-refractivity contribution in [3.05, 3.63) is 23.1 Å². The summed E-state index contributed by atoms with van der Waals surface area (Å²) in [5.41, 5.74) is 10.0. The monoisotopic (exact) mass is 189 g/mol. The molecule has 6 N–H and O–H groups in total. The zero-order valence-corrected chi connectivity index (χ0v) is 7.21. The van der Waals surface area contributed by atoms with E-state index in [0.29, 0.717) is 0 Å². The van der Waals surface area contributed by atoms with E-state index in [-0.39, 0.29) is 11.3 Å². The lowest BCUT2D eigenvalue weighted by molar-refractivity contribution is 0.555. The second-order valence-electron chi connectivity index (χ2n) is 2.80. The molecular formula is C6H11N3O2S. The Labute approximate surface area is 71.0 Å². The zero-order chi connectivity index (χ0) is 9.41. The van der Waals surface area contributed by atoms with E-state index in [0.717, 1.165) is 0 Å². The topological polar surface area (TPSA) is 112 Å². The Bertz CT molecular complexity index is 340. The van der Waals surface area contributed by atoms with Crippen molar-refractivity contribution >= 4 is 10.0 Å². The first kappa shape index (κ1) is 9.40. The van der Waals surface area contributed by atoms with Gasteiger partial charge in [-0.2, -0.15) is 0 Å². The van der Waals surface area contributed by atoms with Crippen LogP contribution >= 0.6 is 0 Å². The molecule has 0 unspecified atom stereocenters. The van der Waals surface area contributed by atoms with Crippen LogP contribution in [0.1, 0.15) is 6.42 Å². The highest BCUT2D eigenvalue weighted by Gasteiger charge is 2.20. The Morgan fingerprint density at radius 3 is 2.33 bits per heavy atom. The van der Waals surface area contributed by atoms with Gasteiger partial charge in [-0.05, 0) is 12.2 Å². The highest BCUT2D eigenvalue weighted by Crippen LogP contribution is 2.16. The van der Waals surface area contributed by atoms with Crippen molar-refractivity contribution in [1.29, 1.82) is 0 Å². The summed E-state index contributed by atoms with van der Waals surface area (Å²) < 4.78 is 21.5. The van der Waals surface area contributed by atoms with E-state index in [2.05, 4.69) is 0 Å². The van der Waals surface area contributed by atoms with Gasteiger partial charge in [0.1, 0.15) is 0 Å². The van der Waals surface area contributed by atoms with Crippen molar-refractivity contribution in [2.45, 2.75) is 12.1 Å². The van der Waals surface area contributed by atoms with Crippen molar-refractivity contribution in [3.8, 4) is 0 Å². The van der Waals surface area contributed by atoms with Crippen LogP contribution in [0, 0.1) is 0 Å². The lowest BCUT2D eigenvalue weighted by atomic mass is 10.0. The van der Waals surface area contributed by atoms with E-state index in [1.54, 1.807) is 0 Å². The SMILES string of the molecule is NC1(N)C=CC(S(N)(=O)=O)=CC1. The Kier molecular flexibility index (Phi) is 2.09. The van der Waals surface area contributed by atoms with E-state index in [1.807, 2.05) is 0 Å². The van der Waals surface area contributed by atoms with E-state index in [9.17, 15) is 8.42 Å². The molecule has 0 saturated carbocycles. The van der Waals surface area contributed by atoms with Crippen LogP contribution in [-0.2, 0) is 10.0 Å². The van der Waals surface area contributed by atoms with Crippen LogP contribution in [0.3, 0.4) is 0 Å². The predicted molar refractivity (Wildman–Crippen MR) is 46.1 cm³/mol. The molecule has 0 radical (unpaired) electrons. The molecule has 0 aliphatic heterocycles. The lowest BCUT2D eigenvalue weighted by Gasteiger charge is -2.21. The lowest BCUT2D eigenvalue weighted by Crippen LogP contribution is -2.47. The number of sulfonamides is 1. The van der Waals surface area contributed by atoms with Gasteiger partial charge in [-0.15, -0.1) is 0 Å². The van der Waals surface area contributed by atoms with Gasteiger partial charge in [-0.3, -0.25) is 0 Å². The smallest absolute Gasteiger partial charge is 0.237 e. The van der Waals surface area contributed by atoms with Crippen molar-refractivity contribution in [3.63, 3.8) is 0 Å². The van der Waals surface area contributed by atoms with Crippen LogP contribution in [0.5, 0.6) is 0 Å². The van der Waals surface area contributed by atoms with Gasteiger partial charge in [0.25, 0.3) is 0 Å². The fourth-order valence-corrected chi connectivity index (χ4v) is 1.44. The van der Waals surface area contributed by atoms with E-state index in [4.69, 9.17) is 16.6 Å². The minimum atomic E-state index is -3.61. The van der Waals surface area contributed by atoms with Gasteiger partial charge in [-0.25, -0.2) is 13.6 Å². The molecule has 0 fully saturated rings. The molecule has 0 aromatic rings. The fraction of sp³-hybridized carbons (Fsp3) is 0.333. The van der Waals surface area contributed by atoms with E-state index < -0.39 is 15.7 Å². The number of allylic oxidation sites excluding steroid dienone is 1. The van der Waals surface area contributed by atoms with Crippen LogP contribution < -0.4 is 16.6 Å². The molecule has 0 heterocycles. The summed E-state index contributed by atoms with van der Waals surface area (Å²) in [5, 5.41) is 4.87. The summed E-state index contributed by atoms with van der Waals surface area (Å²) in [6.07, 6.45) is 4.43. The molecule has 6 heteroatoms. The molecule has 0 bridgehead atoms. The molecular weight excluding hydrogens is 178 g/mol. The zero-order valence-electron chi connectivity index (χ0n) is 6.40. The highest BCUT2D eigenvalue weighted by atomic mass is 32.2. The maximum atomic E-state index is 10.8. The Hall–Kier alpha value is -0.690. The third-order valence-corrected chi connectivity index (χ3v) is 2.50. The first-order chi connectivity index (χ1) is 5.31. The summed E-state index contributed by atoms with van der Waals surface area (Å²) in [7, 11) is -3.61. The second kappa shape index (κ2) is 2.67. The van der Waals surface area contributed by atoms with Crippen molar-refractivity contribution < 1.29 is 8.42 Å². The molecule has 1 rings (SSSR count). The second-order valence-corrected chi connectivity index (χ2v) is 4.36. The summed E-state index contributed by atoms with van der Waals surface area (Å²) in [4.78, 5) is 0.0639. The minimum Gasteiger partial charge on any atom is -0.310 e. The van der Waals surface area contributed by atoms with Crippen molar-refractivity contribution in [2.75, 3.05) is 0 Å². The number of hydrogen-bond acceptors (Lipinski definition) is 4. The summed E-state index contributed by atoms with van der Waals surface area (Å²) in [6, 6.07) is 0. The first-order valence-electron chi connectivity index (χ1n) is 3.31. The summed E-state index contributed by atoms with van der Waals surface area (Å²) in [6.45, 7) is 0. The third kappa shape index (κ3) is 2.15. The maximum Gasteiger partial charge on any atom is 0.237 e. The number of primary sulfonamides is 1. The summed E-state index contributed by atoms with van der Waals surface area (Å²) in [5.74, 6) is 0. The third-order valence-electron chi connectivity index (χ3n) is 1.54. The molecule has 0 amide bonds. The minimum absolute atomic E-state index is 0.0639. The van der Waals surface area contributed by atoms with Gasteiger partial charge in [0.2, 0.25) is 10.0 Å². The van der Waals surface area contributed by atoms with Crippen molar-refractivity contribution in [2.24, 2.45) is 16.6 Å². The molecule has 68 valence electrons. The first-order valence-corrected chi connectivity index (χ1v) is 4.86. The fourth-order valence-electron chi connectivity index (χ4n) is 0.862. The van der Waals surface area contributed by atoms with Crippen LogP contribution in [0.4, 0.5) is 0 Å². The highest BCUT2D eigenvalue weighted by molar-refractivity contribution is 7.93. The maximum absolute atomic E-state index is 10.8. The van der Waals surface area contributed by atoms with E-state index in [1.165, 1.54) is 18.2 Å². The normalized spacial score (nSPS) is 22.1. The molecule has 1 aliphatic carbocycles. The molecule has 12 heavy (non-hydrogen) atoms. The van der Waals surface area contributed by atoms with Crippen molar-refractivity contribution in [1.82, 2.24) is 0 Å². The quantitative estimate of drug-likeness (QED) is 0.446. The Morgan fingerprint density at radius 2 is 2.00 bits per heavy atom. The number of rotatable bonds is 1. The average molecular weight is 189 g/mol. The molecule has 0 atom stereocenters. The van der Waals surface area contributed by atoms with Gasteiger partial charge >= 0.3 is 0 Å².